The molecule has 2 N–H and O–H groups in total. The van der Waals surface area contributed by atoms with Crippen LogP contribution in [0.15, 0.2) is 30.3 Å². The molecule has 2 rings (SSSR count). The molecule has 0 bridgehead atoms. The van der Waals surface area contributed by atoms with Gasteiger partial charge >= 0.3 is 6.09 Å². The van der Waals surface area contributed by atoms with E-state index >= 15 is 0 Å². The first kappa shape index (κ1) is 11.1. The van der Waals surface area contributed by atoms with Crippen molar-refractivity contribution in [2.45, 2.75) is 0 Å². The number of anilines is 1. The third-order valence-corrected chi connectivity index (χ3v) is 2.99. The Kier molecular flexibility index (Phi) is 3.03. The third-order valence-electron chi connectivity index (χ3n) is 1.98. The van der Waals surface area contributed by atoms with Gasteiger partial charge in [-0.25, -0.2) is 9.78 Å². The number of nitriles is 1. The smallest absolute Gasteiger partial charge is 0.410 e. The van der Waals surface area contributed by atoms with E-state index in [-0.39, 0.29) is 10.8 Å². The van der Waals surface area contributed by atoms with E-state index in [0.717, 1.165) is 16.9 Å². The van der Waals surface area contributed by atoms with Crippen LogP contribution in [0.25, 0.3) is 10.4 Å². The number of carbonyl (C=O) groups is 1. The molecule has 5 nitrogen and oxygen atoms in total. The largest absolute Gasteiger partial charge is 0.465 e. The zero-order chi connectivity index (χ0) is 12.3. The molecule has 1 heterocycles. The second-order valence-corrected chi connectivity index (χ2v) is 4.10. The molecular weight excluding hydrogens is 238 g/mol. The molecule has 0 unspecified atom stereocenters. The predicted molar refractivity (Wildman–Crippen MR) is 63.9 cm³/mol. The molecule has 6 heteroatoms. The minimum atomic E-state index is -1.20. The SMILES string of the molecule is N#Cc1nc(NC(=O)O)c(-c2ccccc2)s1. The van der Waals surface area contributed by atoms with Crippen molar-refractivity contribution in [3.63, 3.8) is 0 Å². The molecule has 17 heavy (non-hydrogen) atoms. The highest BCUT2D eigenvalue weighted by atomic mass is 32.1. The van der Waals surface area contributed by atoms with Crippen LogP contribution in [-0.4, -0.2) is 16.2 Å². The predicted octanol–water partition coefficient (Wildman–Crippen LogP) is 2.77. The Balaban J connectivity index is 2.49. The van der Waals surface area contributed by atoms with Gasteiger partial charge in [-0.3, -0.25) is 5.32 Å². The fraction of sp³-hybridized carbons (Fsp3) is 0. The quantitative estimate of drug-likeness (QED) is 0.851. The van der Waals surface area contributed by atoms with E-state index in [0.29, 0.717) is 4.88 Å². The molecule has 0 fully saturated rings. The van der Waals surface area contributed by atoms with Gasteiger partial charge < -0.3 is 5.11 Å². The van der Waals surface area contributed by atoms with E-state index in [1.54, 1.807) is 0 Å². The summed E-state index contributed by atoms with van der Waals surface area (Å²) in [7, 11) is 0. The van der Waals surface area contributed by atoms with Crippen LogP contribution in [0.5, 0.6) is 0 Å². The zero-order valence-corrected chi connectivity index (χ0v) is 9.36. The van der Waals surface area contributed by atoms with E-state index in [9.17, 15) is 4.79 Å². The number of amides is 1. The van der Waals surface area contributed by atoms with Gasteiger partial charge in [0, 0.05) is 0 Å². The number of rotatable bonds is 2. The van der Waals surface area contributed by atoms with Crippen LogP contribution in [0.3, 0.4) is 0 Å². The highest BCUT2D eigenvalue weighted by molar-refractivity contribution is 7.16. The number of thiazole rings is 1. The molecule has 84 valence electrons. The lowest BCUT2D eigenvalue weighted by Gasteiger charge is -2.00. The van der Waals surface area contributed by atoms with Gasteiger partial charge in [-0.2, -0.15) is 5.26 Å². The molecule has 0 spiro atoms. The van der Waals surface area contributed by atoms with E-state index in [4.69, 9.17) is 10.4 Å². The highest BCUT2D eigenvalue weighted by Crippen LogP contribution is 2.33. The Morgan fingerprint density at radius 2 is 2.12 bits per heavy atom. The van der Waals surface area contributed by atoms with Crippen LogP contribution in [-0.2, 0) is 0 Å². The molecule has 0 atom stereocenters. The maximum absolute atomic E-state index is 10.6. The molecule has 0 aliphatic carbocycles. The minimum Gasteiger partial charge on any atom is -0.465 e. The van der Waals surface area contributed by atoms with Gasteiger partial charge in [0.2, 0.25) is 0 Å². The van der Waals surface area contributed by atoms with Crippen LogP contribution in [0, 0.1) is 11.3 Å². The van der Waals surface area contributed by atoms with Crippen LogP contribution in [0.2, 0.25) is 0 Å². The Labute approximate surface area is 101 Å². The molecule has 0 aliphatic heterocycles. The van der Waals surface area contributed by atoms with E-state index in [2.05, 4.69) is 10.3 Å². The number of hydrogen-bond acceptors (Lipinski definition) is 4. The number of hydrogen-bond donors (Lipinski definition) is 2. The van der Waals surface area contributed by atoms with Crippen LogP contribution >= 0.6 is 11.3 Å². The summed E-state index contributed by atoms with van der Waals surface area (Å²) in [5.41, 5.74) is 0.829. The van der Waals surface area contributed by atoms with Gasteiger partial charge in [-0.15, -0.1) is 11.3 Å². The van der Waals surface area contributed by atoms with Crippen molar-refractivity contribution in [1.29, 1.82) is 5.26 Å². The van der Waals surface area contributed by atoms with Crippen molar-refractivity contribution < 1.29 is 9.90 Å². The molecule has 0 saturated carbocycles. The topological polar surface area (TPSA) is 86.0 Å². The Bertz CT molecular complexity index is 587. The summed E-state index contributed by atoms with van der Waals surface area (Å²) in [5.74, 6) is 0.199. The van der Waals surface area contributed by atoms with Crippen LogP contribution in [0.1, 0.15) is 5.01 Å². The molecule has 0 radical (unpaired) electrons. The second-order valence-electron chi connectivity index (χ2n) is 3.10. The maximum atomic E-state index is 10.6. The third kappa shape index (κ3) is 2.41. The summed E-state index contributed by atoms with van der Waals surface area (Å²) >= 11 is 1.16. The normalized spacial score (nSPS) is 9.59. The number of nitrogens with zero attached hydrogens (tertiary/aromatic N) is 2. The number of aromatic nitrogens is 1. The summed E-state index contributed by atoms with van der Waals surface area (Å²) in [6, 6.07) is 11.1. The Morgan fingerprint density at radius 3 is 2.71 bits per heavy atom. The fourth-order valence-electron chi connectivity index (χ4n) is 1.34. The Hall–Kier alpha value is -2.39. The molecular formula is C11H7N3O2S. The second kappa shape index (κ2) is 4.63. The molecule has 1 aromatic heterocycles. The van der Waals surface area contributed by atoms with Crippen LogP contribution < -0.4 is 5.32 Å². The summed E-state index contributed by atoms with van der Waals surface area (Å²) in [6.45, 7) is 0. The van der Waals surface area contributed by atoms with Crippen molar-refractivity contribution >= 4 is 23.2 Å². The highest BCUT2D eigenvalue weighted by Gasteiger charge is 2.14. The van der Waals surface area contributed by atoms with E-state index < -0.39 is 6.09 Å². The first-order valence-electron chi connectivity index (χ1n) is 4.67. The van der Waals surface area contributed by atoms with Crippen molar-refractivity contribution in [1.82, 2.24) is 4.98 Å². The summed E-state index contributed by atoms with van der Waals surface area (Å²) in [4.78, 5) is 15.2. The van der Waals surface area contributed by atoms with Gasteiger partial charge in [0.25, 0.3) is 0 Å². The fourth-order valence-corrected chi connectivity index (χ4v) is 2.16. The lowest BCUT2D eigenvalue weighted by atomic mass is 10.2. The first-order chi connectivity index (χ1) is 8.20. The van der Waals surface area contributed by atoms with Crippen molar-refractivity contribution in [3.05, 3.63) is 35.3 Å². The zero-order valence-electron chi connectivity index (χ0n) is 8.54. The molecule has 1 amide bonds. The minimum absolute atomic E-state index is 0.199. The Morgan fingerprint density at radius 1 is 1.41 bits per heavy atom. The van der Waals surface area contributed by atoms with Gasteiger partial charge in [-0.1, -0.05) is 30.3 Å². The van der Waals surface area contributed by atoms with Crippen molar-refractivity contribution in [2.75, 3.05) is 5.32 Å². The van der Waals surface area contributed by atoms with Crippen molar-refractivity contribution in [2.24, 2.45) is 0 Å². The lowest BCUT2D eigenvalue weighted by Crippen LogP contribution is -2.08. The monoisotopic (exact) mass is 245 g/mol. The maximum Gasteiger partial charge on any atom is 0.410 e. The number of nitrogens with one attached hydrogen (secondary N) is 1. The van der Waals surface area contributed by atoms with Gasteiger partial charge in [0.15, 0.2) is 10.8 Å². The lowest BCUT2D eigenvalue weighted by molar-refractivity contribution is 0.209. The van der Waals surface area contributed by atoms with Gasteiger partial charge in [-0.05, 0) is 5.56 Å². The first-order valence-corrected chi connectivity index (χ1v) is 5.48. The number of benzene rings is 1. The summed E-state index contributed by atoms with van der Waals surface area (Å²) in [5, 5.41) is 19.9. The average Bonchev–Trinajstić information content (AvgIpc) is 2.72. The van der Waals surface area contributed by atoms with Crippen molar-refractivity contribution in [3.8, 4) is 16.5 Å². The van der Waals surface area contributed by atoms with E-state index in [1.807, 2.05) is 36.4 Å². The summed E-state index contributed by atoms with van der Waals surface area (Å²) in [6.07, 6.45) is -1.20. The molecule has 1 aromatic carbocycles. The average molecular weight is 245 g/mol. The number of carboxylic acid groups (broad SMARTS) is 1. The van der Waals surface area contributed by atoms with Gasteiger partial charge in [0.1, 0.15) is 6.07 Å². The van der Waals surface area contributed by atoms with E-state index in [1.165, 1.54) is 0 Å². The molecule has 0 aliphatic rings. The molecule has 0 saturated heterocycles. The standard InChI is InChI=1S/C11H7N3O2S/c12-6-8-13-10(14-11(15)16)9(17-8)7-4-2-1-3-5-7/h1-5,14H,(H,15,16). The van der Waals surface area contributed by atoms with Gasteiger partial charge in [0.05, 0.1) is 4.88 Å². The molecule has 2 aromatic rings. The summed E-state index contributed by atoms with van der Waals surface area (Å²) < 4.78 is 0. The van der Waals surface area contributed by atoms with Crippen LogP contribution in [0.4, 0.5) is 10.6 Å².